The van der Waals surface area contributed by atoms with Crippen LogP contribution in [0.3, 0.4) is 0 Å². The second kappa shape index (κ2) is 11.4. The van der Waals surface area contributed by atoms with Gasteiger partial charge < -0.3 is 0 Å². The normalized spacial score (nSPS) is 28.7. The predicted molar refractivity (Wildman–Crippen MR) is 86.4 cm³/mol. The zero-order chi connectivity index (χ0) is 13.8. The highest BCUT2D eigenvalue weighted by molar-refractivity contribution is 4.87. The first-order valence-electron chi connectivity index (χ1n) is 8.70. The summed E-state index contributed by atoms with van der Waals surface area (Å²) in [6.07, 6.45) is 20.9. The van der Waals surface area contributed by atoms with Crippen LogP contribution in [0.1, 0.15) is 90.4 Å². The van der Waals surface area contributed by atoms with Gasteiger partial charge in [0.1, 0.15) is 0 Å². The smallest absolute Gasteiger partial charge is 0.0132 e. The van der Waals surface area contributed by atoms with Gasteiger partial charge in [-0.15, -0.1) is 5.73 Å². The van der Waals surface area contributed by atoms with Crippen LogP contribution in [-0.2, 0) is 0 Å². The fourth-order valence-corrected chi connectivity index (χ4v) is 3.33. The molecule has 0 N–H and O–H groups in total. The standard InChI is InChI=1S/C19H34/c1-3-15-19-17-14-12-10-8-6-4-5-7-9-11-13-16-18(19)2/h15,18-19H,1,4-14,16-17H2,2H3. The molecule has 0 heterocycles. The zero-order valence-corrected chi connectivity index (χ0v) is 13.1. The van der Waals surface area contributed by atoms with Crippen molar-refractivity contribution in [2.45, 2.75) is 90.4 Å². The van der Waals surface area contributed by atoms with Crippen molar-refractivity contribution in [1.82, 2.24) is 0 Å². The molecular weight excluding hydrogens is 228 g/mol. The molecule has 2 unspecified atom stereocenters. The molecule has 0 radical (unpaired) electrons. The molecular formula is C19H34. The molecule has 19 heavy (non-hydrogen) atoms. The van der Waals surface area contributed by atoms with E-state index in [1.165, 1.54) is 83.5 Å². The van der Waals surface area contributed by atoms with E-state index in [1.807, 2.05) is 0 Å². The van der Waals surface area contributed by atoms with Crippen molar-refractivity contribution in [3.63, 3.8) is 0 Å². The van der Waals surface area contributed by atoms with Gasteiger partial charge in [-0.05, 0) is 24.3 Å². The van der Waals surface area contributed by atoms with Gasteiger partial charge in [-0.2, -0.15) is 0 Å². The highest BCUT2D eigenvalue weighted by atomic mass is 14.2. The third-order valence-electron chi connectivity index (χ3n) is 4.76. The highest BCUT2D eigenvalue weighted by Crippen LogP contribution is 2.26. The molecule has 0 aromatic heterocycles. The van der Waals surface area contributed by atoms with Gasteiger partial charge in [0.2, 0.25) is 0 Å². The Kier molecular flexibility index (Phi) is 9.91. The van der Waals surface area contributed by atoms with E-state index in [-0.39, 0.29) is 0 Å². The maximum absolute atomic E-state index is 3.78. The van der Waals surface area contributed by atoms with E-state index in [4.69, 9.17) is 0 Å². The summed E-state index contributed by atoms with van der Waals surface area (Å²) >= 11 is 0. The van der Waals surface area contributed by atoms with Crippen LogP contribution in [0.4, 0.5) is 0 Å². The zero-order valence-electron chi connectivity index (χ0n) is 13.1. The third kappa shape index (κ3) is 8.32. The number of hydrogen-bond acceptors (Lipinski definition) is 0. The minimum absolute atomic E-state index is 0.725. The largest absolute Gasteiger partial charge is 0.133 e. The summed E-state index contributed by atoms with van der Waals surface area (Å²) < 4.78 is 0. The van der Waals surface area contributed by atoms with Gasteiger partial charge in [-0.25, -0.2) is 0 Å². The molecule has 1 aliphatic rings. The topological polar surface area (TPSA) is 0 Å². The minimum Gasteiger partial charge on any atom is -0.133 e. The molecule has 0 aromatic rings. The monoisotopic (exact) mass is 262 g/mol. The van der Waals surface area contributed by atoms with Gasteiger partial charge in [0.25, 0.3) is 0 Å². The lowest BCUT2D eigenvalue weighted by atomic mass is 9.85. The lowest BCUT2D eigenvalue weighted by Gasteiger charge is -2.20. The van der Waals surface area contributed by atoms with E-state index in [9.17, 15) is 0 Å². The van der Waals surface area contributed by atoms with E-state index >= 15 is 0 Å². The van der Waals surface area contributed by atoms with E-state index in [2.05, 4.69) is 25.3 Å². The average Bonchev–Trinajstić information content (AvgIpc) is 2.42. The first-order chi connectivity index (χ1) is 9.34. The summed E-state index contributed by atoms with van der Waals surface area (Å²) in [6, 6.07) is 0. The Morgan fingerprint density at radius 2 is 1.16 bits per heavy atom. The van der Waals surface area contributed by atoms with E-state index in [0.717, 1.165) is 11.8 Å². The Balaban J connectivity index is 2.39. The van der Waals surface area contributed by atoms with Crippen molar-refractivity contribution in [3.05, 3.63) is 18.4 Å². The maximum atomic E-state index is 3.78. The van der Waals surface area contributed by atoms with Crippen molar-refractivity contribution in [1.29, 1.82) is 0 Å². The summed E-state index contributed by atoms with van der Waals surface area (Å²) in [6.45, 7) is 6.21. The SMILES string of the molecule is C=C=CC1CCCCCCCCCCCCCC1C. The lowest BCUT2D eigenvalue weighted by molar-refractivity contribution is 0.355. The summed E-state index contributed by atoms with van der Waals surface area (Å²) in [5.41, 5.74) is 3.04. The molecule has 0 bridgehead atoms. The number of allylic oxidation sites excluding steroid dienone is 1. The van der Waals surface area contributed by atoms with Crippen LogP contribution >= 0.6 is 0 Å². The van der Waals surface area contributed by atoms with Gasteiger partial charge in [0, 0.05) is 0 Å². The summed E-state index contributed by atoms with van der Waals surface area (Å²) in [5, 5.41) is 0. The van der Waals surface area contributed by atoms with Gasteiger partial charge >= 0.3 is 0 Å². The van der Waals surface area contributed by atoms with Crippen LogP contribution in [0.15, 0.2) is 18.4 Å². The second-order valence-electron chi connectivity index (χ2n) is 6.48. The summed E-state index contributed by atoms with van der Waals surface area (Å²) in [5.74, 6) is 1.54. The van der Waals surface area contributed by atoms with Crippen molar-refractivity contribution in [3.8, 4) is 0 Å². The van der Waals surface area contributed by atoms with Crippen molar-refractivity contribution < 1.29 is 0 Å². The Morgan fingerprint density at radius 1 is 0.737 bits per heavy atom. The van der Waals surface area contributed by atoms with Gasteiger partial charge in [0.05, 0.1) is 0 Å². The van der Waals surface area contributed by atoms with E-state index in [1.54, 1.807) is 0 Å². The van der Waals surface area contributed by atoms with Crippen LogP contribution in [0.5, 0.6) is 0 Å². The molecule has 110 valence electrons. The Hall–Kier alpha value is -0.480. The van der Waals surface area contributed by atoms with Crippen LogP contribution in [0.2, 0.25) is 0 Å². The first-order valence-corrected chi connectivity index (χ1v) is 8.70. The van der Waals surface area contributed by atoms with Gasteiger partial charge in [-0.1, -0.05) is 90.6 Å². The lowest BCUT2D eigenvalue weighted by Crippen LogP contribution is -2.09. The van der Waals surface area contributed by atoms with Crippen molar-refractivity contribution in [2.75, 3.05) is 0 Å². The summed E-state index contributed by atoms with van der Waals surface area (Å²) in [4.78, 5) is 0. The molecule has 0 heteroatoms. The van der Waals surface area contributed by atoms with Crippen LogP contribution in [0.25, 0.3) is 0 Å². The Morgan fingerprint density at radius 3 is 1.63 bits per heavy atom. The summed E-state index contributed by atoms with van der Waals surface area (Å²) in [7, 11) is 0. The van der Waals surface area contributed by atoms with E-state index in [0.29, 0.717) is 0 Å². The second-order valence-corrected chi connectivity index (χ2v) is 6.48. The quantitative estimate of drug-likeness (QED) is 0.463. The van der Waals surface area contributed by atoms with Crippen molar-refractivity contribution >= 4 is 0 Å². The van der Waals surface area contributed by atoms with E-state index < -0.39 is 0 Å². The molecule has 0 amide bonds. The van der Waals surface area contributed by atoms with Gasteiger partial charge in [0.15, 0.2) is 0 Å². The highest BCUT2D eigenvalue weighted by Gasteiger charge is 2.14. The van der Waals surface area contributed by atoms with Crippen LogP contribution in [-0.4, -0.2) is 0 Å². The number of hydrogen-bond donors (Lipinski definition) is 0. The molecule has 1 saturated carbocycles. The molecule has 1 aliphatic carbocycles. The van der Waals surface area contributed by atoms with Crippen molar-refractivity contribution in [2.24, 2.45) is 11.8 Å². The Bertz CT molecular complexity index is 247. The minimum atomic E-state index is 0.725. The molecule has 1 rings (SSSR count). The number of rotatable bonds is 1. The first kappa shape index (κ1) is 16.6. The Labute approximate surface area is 121 Å². The molecule has 2 atom stereocenters. The molecule has 0 aromatic carbocycles. The molecule has 0 saturated heterocycles. The molecule has 0 spiro atoms. The van der Waals surface area contributed by atoms with Crippen LogP contribution < -0.4 is 0 Å². The fourth-order valence-electron chi connectivity index (χ4n) is 3.33. The molecule has 0 nitrogen and oxygen atoms in total. The van der Waals surface area contributed by atoms with Gasteiger partial charge in [-0.3, -0.25) is 0 Å². The maximum Gasteiger partial charge on any atom is -0.0132 e. The molecule has 1 fully saturated rings. The fraction of sp³-hybridized carbons (Fsp3) is 0.842. The average molecular weight is 262 g/mol. The molecule has 0 aliphatic heterocycles. The predicted octanol–water partition coefficient (Wildman–Crippen LogP) is 6.66. The third-order valence-corrected chi connectivity index (χ3v) is 4.76. The van der Waals surface area contributed by atoms with Crippen LogP contribution in [0, 0.1) is 11.8 Å².